The third-order valence-electron chi connectivity index (χ3n) is 3.97. The van der Waals surface area contributed by atoms with Crippen LogP contribution in [0.4, 0.5) is 0 Å². The molecule has 2 heterocycles. The fourth-order valence-electron chi connectivity index (χ4n) is 2.85. The van der Waals surface area contributed by atoms with Crippen LogP contribution in [0.1, 0.15) is 31.2 Å². The molecular formula is C13H15NO2S. The first-order valence-corrected chi connectivity index (χ1v) is 6.95. The van der Waals surface area contributed by atoms with E-state index < -0.39 is 0 Å². The quantitative estimate of drug-likeness (QED) is 0.768. The van der Waals surface area contributed by atoms with Gasteiger partial charge in [-0.25, -0.2) is 0 Å². The predicted molar refractivity (Wildman–Crippen MR) is 64.7 cm³/mol. The lowest BCUT2D eigenvalue weighted by molar-refractivity contribution is -0.182. The van der Waals surface area contributed by atoms with Crippen molar-refractivity contribution in [1.29, 1.82) is 5.26 Å². The second kappa shape index (κ2) is 4.09. The molecule has 4 heteroatoms. The highest BCUT2D eigenvalue weighted by Crippen LogP contribution is 2.46. The summed E-state index contributed by atoms with van der Waals surface area (Å²) < 4.78 is 11.4. The van der Waals surface area contributed by atoms with Gasteiger partial charge in [-0.3, -0.25) is 0 Å². The summed E-state index contributed by atoms with van der Waals surface area (Å²) >= 11 is 1.66. The average Bonchev–Trinajstić information content (AvgIpc) is 3.03. The monoisotopic (exact) mass is 249 g/mol. The van der Waals surface area contributed by atoms with Crippen molar-refractivity contribution in [3.05, 3.63) is 22.4 Å². The van der Waals surface area contributed by atoms with Crippen LogP contribution in [0.3, 0.4) is 0 Å². The highest BCUT2D eigenvalue weighted by atomic mass is 32.1. The molecule has 0 unspecified atom stereocenters. The van der Waals surface area contributed by atoms with Crippen LogP contribution >= 0.6 is 11.3 Å². The third-order valence-corrected chi connectivity index (χ3v) is 4.65. The van der Waals surface area contributed by atoms with E-state index >= 15 is 0 Å². The lowest BCUT2D eigenvalue weighted by Gasteiger charge is -2.39. The second-order valence-corrected chi connectivity index (χ2v) is 5.59. The van der Waals surface area contributed by atoms with E-state index in [0.29, 0.717) is 13.2 Å². The van der Waals surface area contributed by atoms with Crippen molar-refractivity contribution >= 4 is 11.3 Å². The Morgan fingerprint density at radius 3 is 2.41 bits per heavy atom. The lowest BCUT2D eigenvalue weighted by Crippen LogP contribution is -2.41. The van der Waals surface area contributed by atoms with Crippen molar-refractivity contribution in [1.82, 2.24) is 0 Å². The minimum Gasteiger partial charge on any atom is -0.348 e. The SMILES string of the molecule is N#CC1(c2ccsc2)CCC2(CC1)OCCO2. The van der Waals surface area contributed by atoms with E-state index in [2.05, 4.69) is 17.5 Å². The van der Waals surface area contributed by atoms with Gasteiger partial charge in [0, 0.05) is 12.8 Å². The molecule has 1 aliphatic carbocycles. The van der Waals surface area contributed by atoms with Crippen molar-refractivity contribution in [2.24, 2.45) is 0 Å². The first-order valence-electron chi connectivity index (χ1n) is 6.01. The molecular weight excluding hydrogens is 234 g/mol. The molecule has 0 N–H and O–H groups in total. The molecule has 1 aliphatic heterocycles. The van der Waals surface area contributed by atoms with E-state index in [4.69, 9.17) is 9.47 Å². The van der Waals surface area contributed by atoms with Gasteiger partial charge in [-0.05, 0) is 35.2 Å². The maximum Gasteiger partial charge on any atom is 0.168 e. The van der Waals surface area contributed by atoms with E-state index in [1.54, 1.807) is 11.3 Å². The van der Waals surface area contributed by atoms with E-state index in [-0.39, 0.29) is 11.2 Å². The van der Waals surface area contributed by atoms with E-state index in [1.165, 1.54) is 0 Å². The Labute approximate surface area is 105 Å². The first kappa shape index (κ1) is 11.2. The summed E-state index contributed by atoms with van der Waals surface area (Å²) in [6, 6.07) is 4.59. The predicted octanol–water partition coefficient (Wildman–Crippen LogP) is 2.83. The van der Waals surface area contributed by atoms with Crippen LogP contribution in [-0.2, 0) is 14.9 Å². The van der Waals surface area contributed by atoms with Crippen LogP contribution in [0.15, 0.2) is 16.8 Å². The van der Waals surface area contributed by atoms with Crippen molar-refractivity contribution in [2.75, 3.05) is 13.2 Å². The van der Waals surface area contributed by atoms with Gasteiger partial charge in [0.2, 0.25) is 0 Å². The van der Waals surface area contributed by atoms with Crippen LogP contribution in [0.2, 0.25) is 0 Å². The molecule has 3 rings (SSSR count). The molecule has 1 saturated carbocycles. The molecule has 0 amide bonds. The summed E-state index contributed by atoms with van der Waals surface area (Å²) in [5.74, 6) is -0.379. The zero-order valence-corrected chi connectivity index (χ0v) is 10.5. The van der Waals surface area contributed by atoms with Crippen molar-refractivity contribution in [3.8, 4) is 6.07 Å². The van der Waals surface area contributed by atoms with Crippen molar-refractivity contribution in [2.45, 2.75) is 36.9 Å². The van der Waals surface area contributed by atoms with Crippen LogP contribution < -0.4 is 0 Å². The first-order chi connectivity index (χ1) is 8.29. The number of nitrogens with zero attached hydrogens (tertiary/aromatic N) is 1. The zero-order valence-electron chi connectivity index (χ0n) is 9.65. The smallest absolute Gasteiger partial charge is 0.168 e. The molecule has 0 atom stereocenters. The molecule has 2 fully saturated rings. The normalized spacial score (nSPS) is 25.8. The molecule has 1 spiro atoms. The topological polar surface area (TPSA) is 42.2 Å². The minimum absolute atomic E-state index is 0.319. The van der Waals surface area contributed by atoms with E-state index in [9.17, 15) is 5.26 Å². The molecule has 1 saturated heterocycles. The van der Waals surface area contributed by atoms with Crippen molar-refractivity contribution in [3.63, 3.8) is 0 Å². The molecule has 0 aromatic carbocycles. The van der Waals surface area contributed by atoms with Gasteiger partial charge in [0.15, 0.2) is 5.79 Å². The van der Waals surface area contributed by atoms with E-state index in [1.807, 2.05) is 5.38 Å². The molecule has 17 heavy (non-hydrogen) atoms. The highest BCUT2D eigenvalue weighted by Gasteiger charge is 2.47. The van der Waals surface area contributed by atoms with Crippen molar-refractivity contribution < 1.29 is 9.47 Å². The molecule has 2 aliphatic rings. The van der Waals surface area contributed by atoms with Gasteiger partial charge < -0.3 is 9.47 Å². The molecule has 0 radical (unpaired) electrons. The number of nitriles is 1. The summed E-state index contributed by atoms with van der Waals surface area (Å²) in [7, 11) is 0. The average molecular weight is 249 g/mol. The van der Waals surface area contributed by atoms with Crippen LogP contribution in [0.5, 0.6) is 0 Å². The highest BCUT2D eigenvalue weighted by molar-refractivity contribution is 7.08. The number of thiophene rings is 1. The fraction of sp³-hybridized carbons (Fsp3) is 0.615. The largest absolute Gasteiger partial charge is 0.348 e. The molecule has 90 valence electrons. The summed E-state index contributed by atoms with van der Waals surface area (Å²) in [6.07, 6.45) is 3.33. The fourth-order valence-corrected chi connectivity index (χ4v) is 3.60. The standard InChI is InChI=1S/C13H15NO2S/c14-10-12(11-1-8-17-9-11)2-4-13(5-3-12)15-6-7-16-13/h1,8-9H,2-7H2. The maximum atomic E-state index is 9.52. The lowest BCUT2D eigenvalue weighted by atomic mass is 9.69. The molecule has 1 aromatic heterocycles. The molecule has 1 aromatic rings. The van der Waals surface area contributed by atoms with Gasteiger partial charge in [-0.1, -0.05) is 0 Å². The minimum atomic E-state index is -0.379. The van der Waals surface area contributed by atoms with Gasteiger partial charge in [-0.15, -0.1) is 0 Å². The van der Waals surface area contributed by atoms with Gasteiger partial charge in [0.05, 0.1) is 24.7 Å². The van der Waals surface area contributed by atoms with Gasteiger partial charge in [-0.2, -0.15) is 16.6 Å². The number of rotatable bonds is 1. The van der Waals surface area contributed by atoms with Gasteiger partial charge in [0.25, 0.3) is 0 Å². The Morgan fingerprint density at radius 2 is 1.88 bits per heavy atom. The van der Waals surface area contributed by atoms with Crippen LogP contribution in [0, 0.1) is 11.3 Å². The Hall–Kier alpha value is -0.890. The van der Waals surface area contributed by atoms with E-state index in [0.717, 1.165) is 31.2 Å². The number of hydrogen-bond donors (Lipinski definition) is 0. The summed E-state index contributed by atoms with van der Waals surface area (Å²) in [5.41, 5.74) is 0.846. The Balaban J connectivity index is 1.81. The number of ether oxygens (including phenoxy) is 2. The maximum absolute atomic E-state index is 9.52. The summed E-state index contributed by atoms with van der Waals surface area (Å²) in [5, 5.41) is 13.7. The van der Waals surface area contributed by atoms with Gasteiger partial charge >= 0.3 is 0 Å². The Morgan fingerprint density at radius 1 is 1.18 bits per heavy atom. The summed E-state index contributed by atoms with van der Waals surface area (Å²) in [4.78, 5) is 0. The van der Waals surface area contributed by atoms with Crippen LogP contribution in [-0.4, -0.2) is 19.0 Å². The Kier molecular flexibility index (Phi) is 2.70. The van der Waals surface area contributed by atoms with Crippen LogP contribution in [0.25, 0.3) is 0 Å². The molecule has 0 bridgehead atoms. The number of hydrogen-bond acceptors (Lipinski definition) is 4. The second-order valence-electron chi connectivity index (χ2n) is 4.81. The zero-order chi connectivity index (χ0) is 11.8. The van der Waals surface area contributed by atoms with Gasteiger partial charge in [0.1, 0.15) is 0 Å². The molecule has 3 nitrogen and oxygen atoms in total. The third kappa shape index (κ3) is 1.79. The Bertz CT molecular complexity index is 419. The summed E-state index contributed by atoms with van der Waals surface area (Å²) in [6.45, 7) is 1.38.